The van der Waals surface area contributed by atoms with E-state index in [0.717, 1.165) is 5.56 Å². The van der Waals surface area contributed by atoms with E-state index in [-0.39, 0.29) is 18.1 Å². The van der Waals surface area contributed by atoms with Crippen LogP contribution in [0, 0.1) is 0 Å². The molecule has 0 saturated carbocycles. The third-order valence-corrected chi connectivity index (χ3v) is 6.14. The molecule has 0 radical (unpaired) electrons. The average Bonchev–Trinajstić information content (AvgIpc) is 3.16. The molecule has 2 heterocycles. The van der Waals surface area contributed by atoms with Crippen LogP contribution in [0.4, 0.5) is 4.79 Å². The van der Waals surface area contributed by atoms with Crippen molar-refractivity contribution >= 4 is 6.09 Å². The highest BCUT2D eigenvalue weighted by atomic mass is 16.6. The highest BCUT2D eigenvalue weighted by Gasteiger charge is 2.31. The number of ether oxygens (including phenoxy) is 2. The standard InChI is InChI=1S/C25H25N3O3/c1-30-24-21(11-6-12-27-24)23-15-28(14-13-26-23)25(29)31-16-22-19-9-4-2-7-17(19)18-8-3-5-10-20(18)22/h2-12,22-23,26H,13-16H2,1H3. The highest BCUT2D eigenvalue weighted by molar-refractivity contribution is 5.79. The molecule has 1 aliphatic carbocycles. The molecule has 1 atom stereocenters. The largest absolute Gasteiger partial charge is 0.481 e. The summed E-state index contributed by atoms with van der Waals surface area (Å²) in [4.78, 5) is 19.0. The molecule has 1 amide bonds. The molecule has 0 spiro atoms. The van der Waals surface area contributed by atoms with E-state index in [1.54, 1.807) is 18.2 Å². The van der Waals surface area contributed by atoms with Crippen LogP contribution in [0.15, 0.2) is 66.9 Å². The van der Waals surface area contributed by atoms with E-state index >= 15 is 0 Å². The zero-order valence-corrected chi connectivity index (χ0v) is 17.5. The molecule has 31 heavy (non-hydrogen) atoms. The molecule has 6 heteroatoms. The number of fused-ring (bicyclic) bond motifs is 3. The minimum Gasteiger partial charge on any atom is -0.481 e. The summed E-state index contributed by atoms with van der Waals surface area (Å²) >= 11 is 0. The van der Waals surface area contributed by atoms with Crippen LogP contribution in [-0.4, -0.2) is 49.3 Å². The van der Waals surface area contributed by atoms with Crippen LogP contribution in [0.25, 0.3) is 11.1 Å². The lowest BCUT2D eigenvalue weighted by atomic mass is 9.98. The number of aromatic nitrogens is 1. The Bertz CT molecular complexity index is 1060. The number of piperazine rings is 1. The Labute approximate surface area is 181 Å². The van der Waals surface area contributed by atoms with Crippen LogP contribution in [0.2, 0.25) is 0 Å². The topological polar surface area (TPSA) is 63.7 Å². The van der Waals surface area contributed by atoms with E-state index in [1.807, 2.05) is 24.3 Å². The molecule has 1 saturated heterocycles. The summed E-state index contributed by atoms with van der Waals surface area (Å²) in [6.07, 6.45) is 1.42. The lowest BCUT2D eigenvalue weighted by Crippen LogP contribution is -2.48. The molecule has 2 aliphatic rings. The number of amides is 1. The zero-order valence-electron chi connectivity index (χ0n) is 17.5. The van der Waals surface area contributed by atoms with Gasteiger partial charge in [0.25, 0.3) is 0 Å². The molecule has 2 aromatic carbocycles. The fourth-order valence-corrected chi connectivity index (χ4v) is 4.65. The van der Waals surface area contributed by atoms with Crippen molar-refractivity contribution in [2.45, 2.75) is 12.0 Å². The predicted molar refractivity (Wildman–Crippen MR) is 118 cm³/mol. The first-order valence-electron chi connectivity index (χ1n) is 10.6. The van der Waals surface area contributed by atoms with E-state index in [0.29, 0.717) is 32.1 Å². The van der Waals surface area contributed by atoms with Gasteiger partial charge in [0.15, 0.2) is 0 Å². The van der Waals surface area contributed by atoms with Crippen molar-refractivity contribution < 1.29 is 14.3 Å². The van der Waals surface area contributed by atoms with Crippen molar-refractivity contribution in [2.75, 3.05) is 33.4 Å². The van der Waals surface area contributed by atoms with Gasteiger partial charge in [-0.2, -0.15) is 0 Å². The normalized spacial score (nSPS) is 17.7. The average molecular weight is 415 g/mol. The Hall–Kier alpha value is -3.38. The SMILES string of the molecule is COc1ncccc1C1CN(C(=O)OCC2c3ccccc3-c3ccccc32)CCN1. The number of pyridine rings is 1. The van der Waals surface area contributed by atoms with Crippen molar-refractivity contribution in [1.82, 2.24) is 15.2 Å². The minimum absolute atomic E-state index is 0.0436. The summed E-state index contributed by atoms with van der Waals surface area (Å²) in [7, 11) is 1.61. The molecule has 1 fully saturated rings. The van der Waals surface area contributed by atoms with Crippen molar-refractivity contribution in [3.8, 4) is 17.0 Å². The van der Waals surface area contributed by atoms with Gasteiger partial charge in [-0.1, -0.05) is 54.6 Å². The van der Waals surface area contributed by atoms with E-state index in [2.05, 4.69) is 46.7 Å². The van der Waals surface area contributed by atoms with Crippen LogP contribution >= 0.6 is 0 Å². The van der Waals surface area contributed by atoms with Gasteiger partial charge in [-0.3, -0.25) is 0 Å². The number of hydrogen-bond acceptors (Lipinski definition) is 5. The molecule has 5 rings (SSSR count). The van der Waals surface area contributed by atoms with Gasteiger partial charge in [0.05, 0.1) is 13.2 Å². The first-order chi connectivity index (χ1) is 15.3. The van der Waals surface area contributed by atoms with Gasteiger partial charge < -0.3 is 19.7 Å². The molecule has 1 aromatic heterocycles. The third-order valence-electron chi connectivity index (χ3n) is 6.14. The summed E-state index contributed by atoms with van der Waals surface area (Å²) in [5.41, 5.74) is 5.83. The number of carbonyl (C=O) groups is 1. The molecular formula is C25H25N3O3. The number of hydrogen-bond donors (Lipinski definition) is 1. The molecule has 3 aromatic rings. The lowest BCUT2D eigenvalue weighted by Gasteiger charge is -2.33. The minimum atomic E-state index is -0.281. The van der Waals surface area contributed by atoms with Gasteiger partial charge in [-0.25, -0.2) is 9.78 Å². The number of rotatable bonds is 4. The second-order valence-corrected chi connectivity index (χ2v) is 7.86. The fourth-order valence-electron chi connectivity index (χ4n) is 4.65. The summed E-state index contributed by atoms with van der Waals surface area (Å²) in [6, 6.07) is 20.5. The van der Waals surface area contributed by atoms with Crippen LogP contribution < -0.4 is 10.1 Å². The molecule has 1 aliphatic heterocycles. The summed E-state index contributed by atoms with van der Waals surface area (Å²) in [5, 5.41) is 3.45. The highest BCUT2D eigenvalue weighted by Crippen LogP contribution is 2.44. The van der Waals surface area contributed by atoms with Gasteiger partial charge in [0.2, 0.25) is 5.88 Å². The van der Waals surface area contributed by atoms with Gasteiger partial charge in [-0.05, 0) is 28.3 Å². The number of benzene rings is 2. The second kappa shape index (κ2) is 8.40. The van der Waals surface area contributed by atoms with Crippen molar-refractivity contribution in [2.24, 2.45) is 0 Å². The Morgan fingerprint density at radius 3 is 2.42 bits per heavy atom. The predicted octanol–water partition coefficient (Wildman–Crippen LogP) is 3.99. The summed E-state index contributed by atoms with van der Waals surface area (Å²) < 4.78 is 11.2. The van der Waals surface area contributed by atoms with Crippen LogP contribution in [0.3, 0.4) is 0 Å². The van der Waals surface area contributed by atoms with Crippen molar-refractivity contribution in [3.63, 3.8) is 0 Å². The van der Waals surface area contributed by atoms with E-state index in [1.165, 1.54) is 22.3 Å². The molecule has 1 N–H and O–H groups in total. The Morgan fingerprint density at radius 1 is 1.03 bits per heavy atom. The molecular weight excluding hydrogens is 390 g/mol. The third kappa shape index (κ3) is 3.64. The Morgan fingerprint density at radius 2 is 1.71 bits per heavy atom. The maximum Gasteiger partial charge on any atom is 0.409 e. The Kier molecular flexibility index (Phi) is 5.30. The van der Waals surface area contributed by atoms with Crippen LogP contribution in [0.1, 0.15) is 28.7 Å². The Balaban J connectivity index is 1.29. The first kappa shape index (κ1) is 19.6. The lowest BCUT2D eigenvalue weighted by molar-refractivity contribution is 0.0880. The number of nitrogens with one attached hydrogen (secondary N) is 1. The molecule has 158 valence electrons. The molecule has 6 nitrogen and oxygen atoms in total. The summed E-state index contributed by atoms with van der Waals surface area (Å²) in [5.74, 6) is 0.642. The van der Waals surface area contributed by atoms with Crippen LogP contribution in [-0.2, 0) is 4.74 Å². The quantitative estimate of drug-likeness (QED) is 0.698. The number of methoxy groups -OCH3 is 1. The van der Waals surface area contributed by atoms with Gasteiger partial charge >= 0.3 is 6.09 Å². The van der Waals surface area contributed by atoms with Gasteiger partial charge in [-0.15, -0.1) is 0 Å². The van der Waals surface area contributed by atoms with E-state index in [4.69, 9.17) is 9.47 Å². The van der Waals surface area contributed by atoms with E-state index < -0.39 is 0 Å². The maximum atomic E-state index is 12.9. The number of nitrogens with zero attached hydrogens (tertiary/aromatic N) is 2. The zero-order chi connectivity index (χ0) is 21.2. The maximum absolute atomic E-state index is 12.9. The molecule has 1 unspecified atom stereocenters. The molecule has 0 bridgehead atoms. The summed E-state index contributed by atoms with van der Waals surface area (Å²) in [6.45, 7) is 2.14. The van der Waals surface area contributed by atoms with Gasteiger partial charge in [0.1, 0.15) is 6.61 Å². The second-order valence-electron chi connectivity index (χ2n) is 7.86. The van der Waals surface area contributed by atoms with Crippen LogP contribution in [0.5, 0.6) is 5.88 Å². The fraction of sp³-hybridized carbons (Fsp3) is 0.280. The number of carbonyl (C=O) groups excluding carboxylic acids is 1. The van der Waals surface area contributed by atoms with Gasteiger partial charge in [0, 0.05) is 37.3 Å². The van der Waals surface area contributed by atoms with Crippen molar-refractivity contribution in [3.05, 3.63) is 83.6 Å². The van der Waals surface area contributed by atoms with Crippen molar-refractivity contribution in [1.29, 1.82) is 0 Å². The monoisotopic (exact) mass is 415 g/mol. The van der Waals surface area contributed by atoms with E-state index in [9.17, 15) is 4.79 Å². The smallest absolute Gasteiger partial charge is 0.409 e. The first-order valence-corrected chi connectivity index (χ1v) is 10.6.